The summed E-state index contributed by atoms with van der Waals surface area (Å²) in [6.07, 6.45) is -1.50. The van der Waals surface area contributed by atoms with E-state index in [1.54, 1.807) is 0 Å². The lowest BCUT2D eigenvalue weighted by Gasteiger charge is -2.54. The van der Waals surface area contributed by atoms with E-state index in [1.807, 2.05) is 0 Å². The number of hydrogen-bond donors (Lipinski definition) is 1. The summed E-state index contributed by atoms with van der Waals surface area (Å²) >= 11 is 0. The molecule has 1 nitrogen and oxygen atoms in total. The van der Waals surface area contributed by atoms with Crippen LogP contribution in [-0.2, 0) is 0 Å². The molecule has 2 saturated carbocycles. The molecule has 0 unspecified atom stereocenters. The van der Waals surface area contributed by atoms with Crippen molar-refractivity contribution >= 4 is 0 Å². The van der Waals surface area contributed by atoms with Gasteiger partial charge < -0.3 is 5.73 Å². The molecule has 13 heavy (non-hydrogen) atoms. The Morgan fingerprint density at radius 2 is 1.38 bits per heavy atom. The summed E-state index contributed by atoms with van der Waals surface area (Å²) in [7, 11) is 0. The van der Waals surface area contributed by atoms with Crippen molar-refractivity contribution in [3.63, 3.8) is 0 Å². The number of alkyl halides is 4. The average Bonchev–Trinajstić information content (AvgIpc) is 1.77. The molecular weight excluding hydrogens is 186 g/mol. The second kappa shape index (κ2) is 2.19. The summed E-state index contributed by atoms with van der Waals surface area (Å²) in [4.78, 5) is 0. The molecule has 0 radical (unpaired) electrons. The third kappa shape index (κ3) is 1.43. The van der Waals surface area contributed by atoms with Crippen LogP contribution >= 0.6 is 0 Å². The highest BCUT2D eigenvalue weighted by Gasteiger charge is 2.63. The zero-order valence-corrected chi connectivity index (χ0v) is 6.99. The van der Waals surface area contributed by atoms with Gasteiger partial charge in [0.25, 0.3) is 5.92 Å². The maximum atomic E-state index is 12.5. The Labute approximate surface area is 73.3 Å². The third-order valence-corrected chi connectivity index (χ3v) is 3.08. The van der Waals surface area contributed by atoms with Gasteiger partial charge in [-0.15, -0.1) is 0 Å². The van der Waals surface area contributed by atoms with Crippen molar-refractivity contribution in [1.82, 2.24) is 0 Å². The van der Waals surface area contributed by atoms with Gasteiger partial charge in [0.1, 0.15) is 0 Å². The van der Waals surface area contributed by atoms with Gasteiger partial charge in [-0.3, -0.25) is 0 Å². The van der Waals surface area contributed by atoms with Crippen LogP contribution in [0.2, 0.25) is 0 Å². The minimum atomic E-state index is -2.72. The first kappa shape index (κ1) is 9.24. The molecule has 0 aromatic carbocycles. The molecule has 2 fully saturated rings. The number of halogens is 4. The van der Waals surface area contributed by atoms with Crippen LogP contribution in [0.15, 0.2) is 0 Å². The summed E-state index contributed by atoms with van der Waals surface area (Å²) in [5.74, 6) is -5.80. The van der Waals surface area contributed by atoms with Gasteiger partial charge in [-0.05, 0) is 5.92 Å². The first-order valence-corrected chi connectivity index (χ1v) is 4.27. The van der Waals surface area contributed by atoms with Crippen LogP contribution in [0.25, 0.3) is 0 Å². The summed E-state index contributed by atoms with van der Waals surface area (Å²) in [6, 6.07) is 0. The summed E-state index contributed by atoms with van der Waals surface area (Å²) in [5, 5.41) is 0. The quantitative estimate of drug-likeness (QED) is 0.640. The number of hydrogen-bond acceptors (Lipinski definition) is 1. The third-order valence-electron chi connectivity index (χ3n) is 3.08. The molecule has 0 spiro atoms. The Balaban J connectivity index is 1.91. The molecule has 2 aliphatic carbocycles. The van der Waals surface area contributed by atoms with Crippen molar-refractivity contribution in [2.24, 2.45) is 11.7 Å². The van der Waals surface area contributed by atoms with Gasteiger partial charge in [0.2, 0.25) is 5.92 Å². The molecule has 76 valence electrons. The Morgan fingerprint density at radius 3 is 1.69 bits per heavy atom. The number of nitrogens with two attached hydrogens (primary N) is 1. The van der Waals surface area contributed by atoms with Crippen LogP contribution in [0.4, 0.5) is 17.6 Å². The fourth-order valence-corrected chi connectivity index (χ4v) is 2.27. The fourth-order valence-electron chi connectivity index (χ4n) is 2.27. The molecular formula is C8H11F4N. The molecule has 0 aromatic rings. The maximum Gasteiger partial charge on any atom is 0.251 e. The standard InChI is InChI=1S/C8H11F4N/c9-7(10)1-5(2-7)6(13)3-8(11,12)4-6/h5H,1-4,13H2. The minimum absolute atomic E-state index is 0.320. The van der Waals surface area contributed by atoms with E-state index in [0.717, 1.165) is 0 Å². The van der Waals surface area contributed by atoms with Gasteiger partial charge in [0.05, 0.1) is 0 Å². The lowest BCUT2D eigenvalue weighted by Crippen LogP contribution is -2.66. The van der Waals surface area contributed by atoms with E-state index in [1.165, 1.54) is 0 Å². The monoisotopic (exact) mass is 197 g/mol. The van der Waals surface area contributed by atoms with Gasteiger partial charge in [-0.25, -0.2) is 17.6 Å². The van der Waals surface area contributed by atoms with Crippen LogP contribution in [-0.4, -0.2) is 17.4 Å². The molecule has 0 atom stereocenters. The fraction of sp³-hybridized carbons (Fsp3) is 1.00. The van der Waals surface area contributed by atoms with Crippen molar-refractivity contribution in [3.8, 4) is 0 Å². The van der Waals surface area contributed by atoms with Crippen LogP contribution in [0.1, 0.15) is 25.7 Å². The molecule has 2 rings (SSSR count). The number of rotatable bonds is 1. The SMILES string of the molecule is NC1(C2CC(F)(F)C2)CC(F)(F)C1. The van der Waals surface area contributed by atoms with Crippen molar-refractivity contribution < 1.29 is 17.6 Å². The summed E-state index contributed by atoms with van der Waals surface area (Å²) in [6.45, 7) is 0. The van der Waals surface area contributed by atoms with Crippen LogP contribution in [0.5, 0.6) is 0 Å². The van der Waals surface area contributed by atoms with Crippen LogP contribution < -0.4 is 5.73 Å². The average molecular weight is 197 g/mol. The predicted molar refractivity (Wildman–Crippen MR) is 38.8 cm³/mol. The van der Waals surface area contributed by atoms with E-state index < -0.39 is 36.1 Å². The molecule has 0 amide bonds. The van der Waals surface area contributed by atoms with Crippen molar-refractivity contribution in [3.05, 3.63) is 0 Å². The van der Waals surface area contributed by atoms with E-state index in [-0.39, 0.29) is 12.8 Å². The van der Waals surface area contributed by atoms with Crippen molar-refractivity contribution in [1.29, 1.82) is 0 Å². The van der Waals surface area contributed by atoms with Crippen LogP contribution in [0, 0.1) is 5.92 Å². The van der Waals surface area contributed by atoms with Gasteiger partial charge in [-0.1, -0.05) is 0 Å². The normalized spacial score (nSPS) is 34.8. The van der Waals surface area contributed by atoms with Gasteiger partial charge in [0.15, 0.2) is 0 Å². The Morgan fingerprint density at radius 1 is 0.923 bits per heavy atom. The molecule has 2 aliphatic rings. The highest BCUT2D eigenvalue weighted by atomic mass is 19.3. The van der Waals surface area contributed by atoms with Gasteiger partial charge in [-0.2, -0.15) is 0 Å². The molecule has 0 bridgehead atoms. The zero-order chi connectivity index (χ0) is 9.91. The van der Waals surface area contributed by atoms with E-state index >= 15 is 0 Å². The molecule has 0 aromatic heterocycles. The van der Waals surface area contributed by atoms with E-state index in [9.17, 15) is 17.6 Å². The van der Waals surface area contributed by atoms with Crippen LogP contribution in [0.3, 0.4) is 0 Å². The van der Waals surface area contributed by atoms with E-state index in [0.29, 0.717) is 0 Å². The van der Waals surface area contributed by atoms with E-state index in [2.05, 4.69) is 0 Å². The Hall–Kier alpha value is -0.320. The van der Waals surface area contributed by atoms with Gasteiger partial charge >= 0.3 is 0 Å². The molecule has 5 heteroatoms. The molecule has 0 saturated heterocycles. The Kier molecular flexibility index (Phi) is 1.56. The smallest absolute Gasteiger partial charge is 0.251 e. The topological polar surface area (TPSA) is 26.0 Å². The largest absolute Gasteiger partial charge is 0.324 e. The lowest BCUT2D eigenvalue weighted by molar-refractivity contribution is -0.197. The van der Waals surface area contributed by atoms with Gasteiger partial charge in [0, 0.05) is 31.2 Å². The zero-order valence-electron chi connectivity index (χ0n) is 6.99. The van der Waals surface area contributed by atoms with E-state index in [4.69, 9.17) is 5.73 Å². The Bertz CT molecular complexity index is 222. The molecule has 2 N–H and O–H groups in total. The molecule has 0 heterocycles. The first-order chi connectivity index (χ1) is 5.73. The van der Waals surface area contributed by atoms with Crippen molar-refractivity contribution in [2.75, 3.05) is 0 Å². The first-order valence-electron chi connectivity index (χ1n) is 4.27. The lowest BCUT2D eigenvalue weighted by atomic mass is 9.58. The highest BCUT2D eigenvalue weighted by Crippen LogP contribution is 2.56. The highest BCUT2D eigenvalue weighted by molar-refractivity contribution is 5.11. The maximum absolute atomic E-state index is 12.5. The second-order valence-electron chi connectivity index (χ2n) is 4.40. The second-order valence-corrected chi connectivity index (χ2v) is 4.40. The van der Waals surface area contributed by atoms with Crippen molar-refractivity contribution in [2.45, 2.75) is 43.1 Å². The summed E-state index contributed by atoms with van der Waals surface area (Å²) in [5.41, 5.74) is 4.57. The molecule has 0 aliphatic heterocycles. The summed E-state index contributed by atoms with van der Waals surface area (Å²) < 4.78 is 49.8. The predicted octanol–water partition coefficient (Wildman–Crippen LogP) is 2.16. The minimum Gasteiger partial charge on any atom is -0.324 e.